The quantitative estimate of drug-likeness (QED) is 0.821. The molecule has 3 nitrogen and oxygen atoms in total. The number of carbonyl (C=O) groups is 1. The standard InChI is InChI=1S/C18H22F3NO2/c1-11(23)5-4-8-22-17-10-15(17)16(2,3)24-14-9-12(18(19,20)21)6-7-13(14)17/h6-7,9,15,22H,4-5,8,10H2,1-3H3. The minimum atomic E-state index is -4.38. The van der Waals surface area contributed by atoms with Crippen LogP contribution < -0.4 is 10.1 Å². The number of benzene rings is 1. The summed E-state index contributed by atoms with van der Waals surface area (Å²) in [6.45, 7) is 6.05. The van der Waals surface area contributed by atoms with E-state index in [1.54, 1.807) is 6.92 Å². The van der Waals surface area contributed by atoms with Crippen LogP contribution in [0.1, 0.15) is 51.2 Å². The minimum absolute atomic E-state index is 0.143. The van der Waals surface area contributed by atoms with Crippen LogP contribution in [0, 0.1) is 5.92 Å². The zero-order valence-corrected chi connectivity index (χ0v) is 14.1. The molecule has 132 valence electrons. The van der Waals surface area contributed by atoms with E-state index in [0.717, 1.165) is 30.5 Å². The van der Waals surface area contributed by atoms with Crippen LogP contribution in [0.25, 0.3) is 0 Å². The molecule has 0 saturated heterocycles. The summed E-state index contributed by atoms with van der Waals surface area (Å²) < 4.78 is 44.8. The molecule has 1 saturated carbocycles. The van der Waals surface area contributed by atoms with Gasteiger partial charge in [0.15, 0.2) is 0 Å². The van der Waals surface area contributed by atoms with Crippen molar-refractivity contribution in [3.63, 3.8) is 0 Å². The SMILES string of the molecule is CC(=O)CCCNC12CC1C(C)(C)Oc1cc(C(F)(F)F)ccc12. The van der Waals surface area contributed by atoms with E-state index in [1.165, 1.54) is 6.07 Å². The fraction of sp³-hybridized carbons (Fsp3) is 0.611. The molecule has 0 radical (unpaired) electrons. The lowest BCUT2D eigenvalue weighted by molar-refractivity contribution is -0.137. The van der Waals surface area contributed by atoms with Gasteiger partial charge in [0.05, 0.1) is 11.1 Å². The molecule has 1 fully saturated rings. The van der Waals surface area contributed by atoms with Crippen LogP contribution in [0.15, 0.2) is 18.2 Å². The van der Waals surface area contributed by atoms with Gasteiger partial charge in [-0.25, -0.2) is 0 Å². The van der Waals surface area contributed by atoms with Gasteiger partial charge in [-0.1, -0.05) is 6.07 Å². The molecule has 1 N–H and O–H groups in total. The van der Waals surface area contributed by atoms with Crippen LogP contribution in [0.2, 0.25) is 0 Å². The summed E-state index contributed by atoms with van der Waals surface area (Å²) in [5.41, 5.74) is -0.756. The summed E-state index contributed by atoms with van der Waals surface area (Å²) in [7, 11) is 0. The predicted octanol–water partition coefficient (Wildman–Crippen LogP) is 4.05. The van der Waals surface area contributed by atoms with Gasteiger partial charge in [-0.3, -0.25) is 0 Å². The Morgan fingerprint density at radius 3 is 2.71 bits per heavy atom. The Labute approximate surface area is 139 Å². The molecule has 0 spiro atoms. The average molecular weight is 341 g/mol. The van der Waals surface area contributed by atoms with Gasteiger partial charge in [0.25, 0.3) is 0 Å². The molecule has 1 aromatic rings. The van der Waals surface area contributed by atoms with E-state index >= 15 is 0 Å². The maximum absolute atomic E-state index is 13.0. The van der Waals surface area contributed by atoms with Crippen LogP contribution in [-0.2, 0) is 16.5 Å². The minimum Gasteiger partial charge on any atom is -0.487 e. The van der Waals surface area contributed by atoms with Crippen molar-refractivity contribution in [3.05, 3.63) is 29.3 Å². The number of carbonyl (C=O) groups excluding carboxylic acids is 1. The van der Waals surface area contributed by atoms with Gasteiger partial charge in [-0.15, -0.1) is 0 Å². The Bertz CT molecular complexity index is 669. The van der Waals surface area contributed by atoms with Crippen LogP contribution in [0.3, 0.4) is 0 Å². The molecule has 1 aliphatic heterocycles. The number of hydrogen-bond acceptors (Lipinski definition) is 3. The lowest BCUT2D eigenvalue weighted by Gasteiger charge is -2.38. The zero-order chi connectivity index (χ0) is 17.8. The largest absolute Gasteiger partial charge is 0.487 e. The Hall–Kier alpha value is -1.56. The second kappa shape index (κ2) is 5.48. The highest BCUT2D eigenvalue weighted by molar-refractivity contribution is 5.75. The van der Waals surface area contributed by atoms with Gasteiger partial charge in [0.1, 0.15) is 17.1 Å². The molecule has 1 aliphatic carbocycles. The molecule has 0 bridgehead atoms. The first-order valence-corrected chi connectivity index (χ1v) is 8.21. The molecule has 1 aromatic carbocycles. The van der Waals surface area contributed by atoms with Crippen LogP contribution in [0.4, 0.5) is 13.2 Å². The Kier molecular flexibility index (Phi) is 3.94. The third kappa shape index (κ3) is 2.92. The highest BCUT2D eigenvalue weighted by Crippen LogP contribution is 2.63. The molecule has 24 heavy (non-hydrogen) atoms. The first kappa shape index (κ1) is 17.3. The summed E-state index contributed by atoms with van der Waals surface area (Å²) in [5.74, 6) is 0.665. The summed E-state index contributed by atoms with van der Waals surface area (Å²) in [6, 6.07) is 3.75. The van der Waals surface area contributed by atoms with Crippen molar-refractivity contribution < 1.29 is 22.7 Å². The van der Waals surface area contributed by atoms with Gasteiger partial charge < -0.3 is 14.8 Å². The topological polar surface area (TPSA) is 38.3 Å². The van der Waals surface area contributed by atoms with Crippen LogP contribution in [-0.4, -0.2) is 17.9 Å². The van der Waals surface area contributed by atoms with Crippen molar-refractivity contribution in [2.24, 2.45) is 5.92 Å². The second-order valence-corrected chi connectivity index (χ2v) is 7.37. The number of hydrogen-bond donors (Lipinski definition) is 1. The number of ketones is 1. The van der Waals surface area contributed by atoms with Crippen LogP contribution >= 0.6 is 0 Å². The van der Waals surface area contributed by atoms with E-state index in [-0.39, 0.29) is 17.2 Å². The third-order valence-corrected chi connectivity index (χ3v) is 5.11. The summed E-state index contributed by atoms with van der Waals surface area (Å²) in [5, 5.41) is 3.48. The van der Waals surface area contributed by atoms with Crippen molar-refractivity contribution in [1.82, 2.24) is 5.32 Å². The van der Waals surface area contributed by atoms with Crippen molar-refractivity contribution >= 4 is 5.78 Å². The van der Waals surface area contributed by atoms with Gasteiger partial charge in [-0.2, -0.15) is 13.2 Å². The maximum atomic E-state index is 13.0. The lowest BCUT2D eigenvalue weighted by Crippen LogP contribution is -2.45. The summed E-state index contributed by atoms with van der Waals surface area (Å²) in [6.07, 6.45) is -2.32. The highest BCUT2D eigenvalue weighted by Gasteiger charge is 2.66. The number of Topliss-reactive ketones (excluding diaryl/α,β-unsaturated/α-hetero) is 1. The first-order valence-electron chi connectivity index (χ1n) is 8.21. The van der Waals surface area contributed by atoms with Crippen LogP contribution in [0.5, 0.6) is 5.75 Å². The molecule has 3 rings (SSSR count). The van der Waals surface area contributed by atoms with E-state index in [1.807, 2.05) is 13.8 Å². The number of ether oxygens (including phenoxy) is 1. The van der Waals surface area contributed by atoms with Gasteiger partial charge >= 0.3 is 6.18 Å². The number of nitrogens with one attached hydrogen (secondary N) is 1. The third-order valence-electron chi connectivity index (χ3n) is 5.11. The molecule has 1 heterocycles. The lowest BCUT2D eigenvalue weighted by atomic mass is 9.89. The first-order chi connectivity index (χ1) is 11.1. The van der Waals surface area contributed by atoms with E-state index in [2.05, 4.69) is 5.32 Å². The summed E-state index contributed by atoms with van der Waals surface area (Å²) >= 11 is 0. The fourth-order valence-electron chi connectivity index (χ4n) is 3.85. The monoisotopic (exact) mass is 341 g/mol. The molecule has 2 unspecified atom stereocenters. The molecular formula is C18H22F3NO2. The Balaban J connectivity index is 1.87. The van der Waals surface area contributed by atoms with Crippen molar-refractivity contribution in [3.8, 4) is 5.75 Å². The smallest absolute Gasteiger partial charge is 0.416 e. The Morgan fingerprint density at radius 2 is 2.08 bits per heavy atom. The van der Waals surface area contributed by atoms with Crippen molar-refractivity contribution in [2.45, 2.75) is 57.3 Å². The summed E-state index contributed by atoms with van der Waals surface area (Å²) in [4.78, 5) is 11.1. The van der Waals surface area contributed by atoms with Crippen molar-refractivity contribution in [1.29, 1.82) is 0 Å². The normalized spacial score (nSPS) is 27.0. The van der Waals surface area contributed by atoms with E-state index < -0.39 is 17.3 Å². The van der Waals surface area contributed by atoms with Gasteiger partial charge in [-0.05, 0) is 52.3 Å². The predicted molar refractivity (Wildman–Crippen MR) is 83.9 cm³/mol. The molecule has 2 aliphatic rings. The molecule has 6 heteroatoms. The number of halogens is 3. The van der Waals surface area contributed by atoms with E-state index in [4.69, 9.17) is 4.74 Å². The molecular weight excluding hydrogens is 319 g/mol. The molecule has 0 amide bonds. The van der Waals surface area contributed by atoms with E-state index in [9.17, 15) is 18.0 Å². The van der Waals surface area contributed by atoms with E-state index in [0.29, 0.717) is 18.7 Å². The zero-order valence-electron chi connectivity index (χ0n) is 14.1. The van der Waals surface area contributed by atoms with Crippen molar-refractivity contribution in [2.75, 3.05) is 6.54 Å². The second-order valence-electron chi connectivity index (χ2n) is 7.37. The molecule has 2 atom stereocenters. The highest BCUT2D eigenvalue weighted by atomic mass is 19.4. The van der Waals surface area contributed by atoms with Gasteiger partial charge in [0.2, 0.25) is 0 Å². The number of alkyl halides is 3. The number of fused-ring (bicyclic) bond motifs is 3. The molecule has 0 aromatic heterocycles. The maximum Gasteiger partial charge on any atom is 0.416 e. The average Bonchev–Trinajstić information content (AvgIpc) is 3.19. The number of rotatable bonds is 5. The Morgan fingerprint density at radius 1 is 1.38 bits per heavy atom. The fourth-order valence-corrected chi connectivity index (χ4v) is 3.85. The van der Waals surface area contributed by atoms with Gasteiger partial charge in [0, 0.05) is 17.9 Å².